The van der Waals surface area contributed by atoms with Crippen LogP contribution in [0.15, 0.2) is 122 Å². The van der Waals surface area contributed by atoms with Crippen LogP contribution in [0.5, 0.6) is 0 Å². The first-order valence-electron chi connectivity index (χ1n) is 13.5. The summed E-state index contributed by atoms with van der Waals surface area (Å²) < 4.78 is 13.0. The van der Waals surface area contributed by atoms with Crippen LogP contribution in [0.4, 0.5) is 0 Å². The van der Waals surface area contributed by atoms with Crippen molar-refractivity contribution in [3.63, 3.8) is 0 Å². The zero-order valence-electron chi connectivity index (χ0n) is 22.9. The van der Waals surface area contributed by atoms with Crippen LogP contribution >= 0.6 is 0 Å². The fourth-order valence-electron chi connectivity index (χ4n) is 5.02. The van der Waals surface area contributed by atoms with Gasteiger partial charge in [-0.3, -0.25) is 4.98 Å². The van der Waals surface area contributed by atoms with E-state index in [1.54, 1.807) is 6.20 Å². The second-order valence-electron chi connectivity index (χ2n) is 11.2. The monoisotopic (exact) mass is 509 g/mol. The van der Waals surface area contributed by atoms with Gasteiger partial charge in [0.2, 0.25) is 0 Å². The third-order valence-corrected chi connectivity index (χ3v) is 7.97. The van der Waals surface area contributed by atoms with E-state index >= 15 is 0 Å². The average Bonchev–Trinajstić information content (AvgIpc) is 3.20. The summed E-state index contributed by atoms with van der Waals surface area (Å²) in [6.45, 7) is 8.38. The highest BCUT2D eigenvalue weighted by atomic mass is 16.7. The SMILES string of the molecule is CC1(C)OB(c2cc(-c3cccc(-c4ccccc4)c3)cc(-c3cccc(-c4cccnc4)c3)c2)OC1(C)C. The summed E-state index contributed by atoms with van der Waals surface area (Å²) in [6, 6.07) is 38.6. The average molecular weight is 509 g/mol. The maximum Gasteiger partial charge on any atom is 0.494 e. The van der Waals surface area contributed by atoms with E-state index in [-0.39, 0.29) is 0 Å². The molecule has 192 valence electrons. The van der Waals surface area contributed by atoms with Crippen molar-refractivity contribution >= 4 is 12.6 Å². The molecule has 0 N–H and O–H groups in total. The van der Waals surface area contributed by atoms with Crippen molar-refractivity contribution in [2.24, 2.45) is 0 Å². The predicted octanol–water partition coefficient (Wildman–Crippen LogP) is 8.05. The second kappa shape index (κ2) is 9.96. The normalized spacial score (nSPS) is 15.8. The van der Waals surface area contributed by atoms with Crippen molar-refractivity contribution in [2.45, 2.75) is 38.9 Å². The van der Waals surface area contributed by atoms with Crippen molar-refractivity contribution < 1.29 is 9.31 Å². The first kappa shape index (κ1) is 25.3. The molecule has 4 heteroatoms. The quantitative estimate of drug-likeness (QED) is 0.225. The number of nitrogens with zero attached hydrogens (tertiary/aromatic N) is 1. The van der Waals surface area contributed by atoms with Crippen molar-refractivity contribution in [1.29, 1.82) is 0 Å². The lowest BCUT2D eigenvalue weighted by molar-refractivity contribution is 0.00578. The predicted molar refractivity (Wildman–Crippen MR) is 162 cm³/mol. The summed E-state index contributed by atoms with van der Waals surface area (Å²) in [4.78, 5) is 4.31. The maximum absolute atomic E-state index is 6.49. The van der Waals surface area contributed by atoms with Gasteiger partial charge in [0.25, 0.3) is 0 Å². The summed E-state index contributed by atoms with van der Waals surface area (Å²) in [7, 11) is -0.451. The fraction of sp³-hybridized carbons (Fsp3) is 0.171. The number of aromatic nitrogens is 1. The van der Waals surface area contributed by atoms with Gasteiger partial charge in [-0.15, -0.1) is 0 Å². The number of benzene rings is 4. The van der Waals surface area contributed by atoms with Gasteiger partial charge in [-0.25, -0.2) is 0 Å². The lowest BCUT2D eigenvalue weighted by Gasteiger charge is -2.32. The van der Waals surface area contributed by atoms with Crippen molar-refractivity contribution in [2.75, 3.05) is 0 Å². The van der Waals surface area contributed by atoms with E-state index in [4.69, 9.17) is 9.31 Å². The molecule has 0 amide bonds. The molecule has 1 fully saturated rings. The van der Waals surface area contributed by atoms with Crippen LogP contribution in [0.2, 0.25) is 0 Å². The van der Waals surface area contributed by atoms with Crippen molar-refractivity contribution in [3.05, 3.63) is 122 Å². The third kappa shape index (κ3) is 5.06. The van der Waals surface area contributed by atoms with Gasteiger partial charge in [-0.2, -0.15) is 0 Å². The van der Waals surface area contributed by atoms with Gasteiger partial charge in [-0.1, -0.05) is 84.9 Å². The largest absolute Gasteiger partial charge is 0.494 e. The molecule has 1 aromatic heterocycles. The van der Waals surface area contributed by atoms with Crippen LogP contribution in [0.1, 0.15) is 27.7 Å². The van der Waals surface area contributed by atoms with Gasteiger partial charge in [0.15, 0.2) is 0 Å². The molecule has 0 bridgehead atoms. The zero-order chi connectivity index (χ0) is 27.0. The second-order valence-corrected chi connectivity index (χ2v) is 11.2. The molecule has 0 saturated carbocycles. The van der Waals surface area contributed by atoms with Crippen LogP contribution in [0.3, 0.4) is 0 Å². The summed E-state index contributed by atoms with van der Waals surface area (Å²) in [5, 5.41) is 0. The molecular weight excluding hydrogens is 477 g/mol. The van der Waals surface area contributed by atoms with Crippen LogP contribution < -0.4 is 5.46 Å². The molecule has 0 unspecified atom stereocenters. The van der Waals surface area contributed by atoms with E-state index in [2.05, 4.69) is 130 Å². The van der Waals surface area contributed by atoms with Crippen LogP contribution in [0, 0.1) is 0 Å². The van der Waals surface area contributed by atoms with Gasteiger partial charge < -0.3 is 9.31 Å². The third-order valence-electron chi connectivity index (χ3n) is 7.97. The highest BCUT2D eigenvalue weighted by Gasteiger charge is 2.51. The molecule has 39 heavy (non-hydrogen) atoms. The first-order valence-corrected chi connectivity index (χ1v) is 13.5. The van der Waals surface area contributed by atoms with E-state index in [0.717, 1.165) is 38.8 Å². The molecule has 0 atom stereocenters. The Labute approximate surface area is 231 Å². The summed E-state index contributed by atoms with van der Waals surface area (Å²) >= 11 is 0. The fourth-order valence-corrected chi connectivity index (χ4v) is 5.02. The van der Waals surface area contributed by atoms with Gasteiger partial charge in [-0.05, 0) is 96.4 Å². The molecule has 0 spiro atoms. The molecule has 2 heterocycles. The molecule has 1 saturated heterocycles. The van der Waals surface area contributed by atoms with Crippen LogP contribution in [-0.4, -0.2) is 23.3 Å². The number of rotatable bonds is 5. The molecule has 1 aliphatic heterocycles. The number of hydrogen-bond donors (Lipinski definition) is 0. The summed E-state index contributed by atoms with van der Waals surface area (Å²) in [6.07, 6.45) is 3.71. The van der Waals surface area contributed by atoms with Gasteiger partial charge in [0.05, 0.1) is 11.2 Å². The smallest absolute Gasteiger partial charge is 0.399 e. The van der Waals surface area contributed by atoms with Crippen molar-refractivity contribution in [3.8, 4) is 44.5 Å². The number of pyridine rings is 1. The topological polar surface area (TPSA) is 31.4 Å². The summed E-state index contributed by atoms with van der Waals surface area (Å²) in [5.74, 6) is 0. The zero-order valence-corrected chi connectivity index (χ0v) is 22.9. The lowest BCUT2D eigenvalue weighted by atomic mass is 9.76. The molecule has 4 aromatic carbocycles. The Hall–Kier alpha value is -3.99. The summed E-state index contributed by atoms with van der Waals surface area (Å²) in [5.41, 5.74) is 9.33. The maximum atomic E-state index is 6.49. The lowest BCUT2D eigenvalue weighted by Crippen LogP contribution is -2.41. The Balaban J connectivity index is 1.48. The van der Waals surface area contributed by atoms with E-state index in [0.29, 0.717) is 0 Å². The Morgan fingerprint density at radius 3 is 1.49 bits per heavy atom. The molecule has 0 radical (unpaired) electrons. The van der Waals surface area contributed by atoms with E-state index in [1.165, 1.54) is 11.1 Å². The van der Waals surface area contributed by atoms with E-state index < -0.39 is 18.3 Å². The van der Waals surface area contributed by atoms with Crippen LogP contribution in [0.25, 0.3) is 44.5 Å². The van der Waals surface area contributed by atoms with Crippen LogP contribution in [-0.2, 0) is 9.31 Å². The minimum absolute atomic E-state index is 0.415. The Kier molecular flexibility index (Phi) is 6.46. The van der Waals surface area contributed by atoms with Gasteiger partial charge in [0.1, 0.15) is 0 Å². The molecular formula is C35H32BNO2. The molecule has 3 nitrogen and oxygen atoms in total. The molecule has 5 aromatic rings. The highest BCUT2D eigenvalue weighted by Crippen LogP contribution is 2.38. The van der Waals surface area contributed by atoms with Gasteiger partial charge >= 0.3 is 7.12 Å². The van der Waals surface area contributed by atoms with E-state index in [1.807, 2.05) is 18.3 Å². The van der Waals surface area contributed by atoms with E-state index in [9.17, 15) is 0 Å². The molecule has 0 aliphatic carbocycles. The Bertz CT molecular complexity index is 1500. The first-order chi connectivity index (χ1) is 18.8. The minimum Gasteiger partial charge on any atom is -0.399 e. The van der Waals surface area contributed by atoms with Crippen molar-refractivity contribution in [1.82, 2.24) is 4.98 Å². The molecule has 1 aliphatic rings. The number of hydrogen-bond acceptors (Lipinski definition) is 3. The Morgan fingerprint density at radius 1 is 0.487 bits per heavy atom. The Morgan fingerprint density at radius 2 is 0.949 bits per heavy atom. The standard InChI is InChI=1S/C35H32BNO2/c1-34(2)35(3,4)39-36(38-34)33-22-31(28-15-8-13-26(19-28)25-11-6-5-7-12-25)21-32(23-33)29-16-9-14-27(20-29)30-17-10-18-37-24-30/h5-24H,1-4H3. The molecule has 6 rings (SSSR count). The van der Waals surface area contributed by atoms with Gasteiger partial charge in [0, 0.05) is 18.0 Å². The highest BCUT2D eigenvalue weighted by molar-refractivity contribution is 6.62. The minimum atomic E-state index is -0.451.